The number of hydrogen-bond donors (Lipinski definition) is 1. The van der Waals surface area contributed by atoms with E-state index in [0.29, 0.717) is 22.7 Å². The molecule has 0 saturated carbocycles. The van der Waals surface area contributed by atoms with Crippen LogP contribution in [0, 0.1) is 6.92 Å². The zero-order valence-electron chi connectivity index (χ0n) is 15.0. The van der Waals surface area contributed by atoms with Crippen LogP contribution in [0.4, 0.5) is 11.4 Å². The molecule has 0 spiro atoms. The van der Waals surface area contributed by atoms with Crippen molar-refractivity contribution in [2.75, 3.05) is 23.9 Å². The van der Waals surface area contributed by atoms with Gasteiger partial charge in [0.2, 0.25) is 5.91 Å². The fraction of sp³-hybridized carbons (Fsp3) is 0.250. The summed E-state index contributed by atoms with van der Waals surface area (Å²) in [5, 5.41) is 2.80. The van der Waals surface area contributed by atoms with E-state index in [-0.39, 0.29) is 37.0 Å². The Balaban J connectivity index is 1.62. The van der Waals surface area contributed by atoms with Gasteiger partial charge in [0.25, 0.3) is 5.91 Å². The Kier molecular flexibility index (Phi) is 5.60. The second kappa shape index (κ2) is 7.92. The number of carbonyl (C=O) groups is 3. The molecule has 3 rings (SSSR count). The molecule has 0 fully saturated rings. The first-order valence-electron chi connectivity index (χ1n) is 8.48. The number of nitrogens with one attached hydrogen (secondary N) is 1. The smallest absolute Gasteiger partial charge is 0.264 e. The number of ketones is 1. The van der Waals surface area contributed by atoms with Crippen LogP contribution in [0.1, 0.15) is 28.8 Å². The number of Topliss-reactive ketones (excluding diaryl/α,β-unsaturated/α-hetero) is 1. The van der Waals surface area contributed by atoms with E-state index in [0.717, 1.165) is 10.0 Å². The molecule has 1 heterocycles. The van der Waals surface area contributed by atoms with Crippen molar-refractivity contribution in [2.24, 2.45) is 0 Å². The topological polar surface area (TPSA) is 75.7 Å². The summed E-state index contributed by atoms with van der Waals surface area (Å²) in [5.74, 6) is -0.00500. The zero-order valence-corrected chi connectivity index (χ0v) is 16.6. The number of amides is 2. The summed E-state index contributed by atoms with van der Waals surface area (Å²) >= 11 is 3.41. The number of likely N-dealkylation sites (N-methyl/N-ethyl adjacent to an activating group) is 1. The van der Waals surface area contributed by atoms with Crippen LogP contribution in [0.3, 0.4) is 0 Å². The van der Waals surface area contributed by atoms with Crippen LogP contribution < -0.4 is 15.0 Å². The number of ether oxygens (including phenoxy) is 1. The minimum absolute atomic E-state index is 0.00840. The quantitative estimate of drug-likeness (QED) is 0.733. The number of hydrogen-bond acceptors (Lipinski definition) is 4. The summed E-state index contributed by atoms with van der Waals surface area (Å²) in [6, 6.07) is 10.6. The maximum Gasteiger partial charge on any atom is 0.264 e. The van der Waals surface area contributed by atoms with Crippen LogP contribution in [0.15, 0.2) is 40.9 Å². The molecule has 0 atom stereocenters. The first-order chi connectivity index (χ1) is 12.8. The van der Waals surface area contributed by atoms with Crippen molar-refractivity contribution < 1.29 is 19.1 Å². The number of nitrogens with zero attached hydrogens (tertiary/aromatic N) is 1. The fourth-order valence-electron chi connectivity index (χ4n) is 2.75. The van der Waals surface area contributed by atoms with E-state index in [1.807, 2.05) is 25.1 Å². The third kappa shape index (κ3) is 4.36. The Labute approximate surface area is 165 Å². The average Bonchev–Trinajstić information content (AvgIpc) is 2.65. The first kappa shape index (κ1) is 19.1. The van der Waals surface area contributed by atoms with Gasteiger partial charge in [0.15, 0.2) is 12.4 Å². The molecule has 2 amide bonds. The van der Waals surface area contributed by atoms with Crippen molar-refractivity contribution in [2.45, 2.75) is 19.8 Å². The molecule has 7 heteroatoms. The summed E-state index contributed by atoms with van der Waals surface area (Å²) in [6.45, 7) is 1.95. The lowest BCUT2D eigenvalue weighted by Gasteiger charge is -2.26. The van der Waals surface area contributed by atoms with Gasteiger partial charge in [0.1, 0.15) is 5.75 Å². The van der Waals surface area contributed by atoms with E-state index in [2.05, 4.69) is 21.2 Å². The van der Waals surface area contributed by atoms with E-state index >= 15 is 0 Å². The second-order valence-electron chi connectivity index (χ2n) is 6.38. The number of aryl methyl sites for hydroxylation is 1. The minimum atomic E-state index is -0.235. The Morgan fingerprint density at radius 3 is 2.70 bits per heavy atom. The first-order valence-corrected chi connectivity index (χ1v) is 9.27. The Morgan fingerprint density at radius 2 is 1.96 bits per heavy atom. The van der Waals surface area contributed by atoms with E-state index in [1.165, 1.54) is 4.90 Å². The van der Waals surface area contributed by atoms with Crippen LogP contribution in [0.25, 0.3) is 0 Å². The molecule has 0 aromatic heterocycles. The van der Waals surface area contributed by atoms with Gasteiger partial charge < -0.3 is 15.0 Å². The maximum atomic E-state index is 12.5. The maximum absolute atomic E-state index is 12.5. The van der Waals surface area contributed by atoms with Crippen LogP contribution in [0.5, 0.6) is 5.75 Å². The molecule has 0 aliphatic carbocycles. The minimum Gasteiger partial charge on any atom is -0.482 e. The lowest BCUT2D eigenvalue weighted by Crippen LogP contribution is -2.35. The van der Waals surface area contributed by atoms with Crippen LogP contribution in [-0.2, 0) is 9.59 Å². The van der Waals surface area contributed by atoms with Crippen LogP contribution >= 0.6 is 15.9 Å². The lowest BCUT2D eigenvalue weighted by molar-refractivity contribution is -0.121. The van der Waals surface area contributed by atoms with Crippen molar-refractivity contribution in [1.82, 2.24) is 0 Å². The van der Waals surface area contributed by atoms with Gasteiger partial charge >= 0.3 is 0 Å². The van der Waals surface area contributed by atoms with Gasteiger partial charge in [-0.2, -0.15) is 0 Å². The Hall–Kier alpha value is -2.67. The molecule has 0 bridgehead atoms. The molecule has 2 aromatic rings. The fourth-order valence-corrected chi connectivity index (χ4v) is 3.34. The largest absolute Gasteiger partial charge is 0.482 e. The second-order valence-corrected chi connectivity index (χ2v) is 7.23. The Bertz CT molecular complexity index is 926. The molecule has 0 unspecified atom stereocenters. The molecule has 2 aromatic carbocycles. The highest BCUT2D eigenvalue weighted by Gasteiger charge is 2.23. The number of benzene rings is 2. The van der Waals surface area contributed by atoms with Gasteiger partial charge in [0.05, 0.1) is 11.4 Å². The monoisotopic (exact) mass is 430 g/mol. The number of fused-ring (bicyclic) bond motifs is 1. The van der Waals surface area contributed by atoms with Crippen molar-refractivity contribution in [3.63, 3.8) is 0 Å². The number of rotatable bonds is 5. The van der Waals surface area contributed by atoms with E-state index < -0.39 is 0 Å². The molecule has 27 heavy (non-hydrogen) atoms. The van der Waals surface area contributed by atoms with Gasteiger partial charge in [0, 0.05) is 29.9 Å². The molecule has 140 valence electrons. The van der Waals surface area contributed by atoms with Crippen molar-refractivity contribution in [3.05, 3.63) is 52.0 Å². The summed E-state index contributed by atoms with van der Waals surface area (Å²) in [7, 11) is 1.64. The van der Waals surface area contributed by atoms with Gasteiger partial charge in [-0.25, -0.2) is 0 Å². The van der Waals surface area contributed by atoms with Gasteiger partial charge in [-0.3, -0.25) is 14.4 Å². The highest BCUT2D eigenvalue weighted by atomic mass is 79.9. The molecule has 1 N–H and O–H groups in total. The zero-order chi connectivity index (χ0) is 19.6. The normalized spacial score (nSPS) is 13.0. The van der Waals surface area contributed by atoms with Gasteiger partial charge in [-0.1, -0.05) is 6.07 Å². The third-order valence-corrected chi connectivity index (χ3v) is 5.00. The van der Waals surface area contributed by atoms with Gasteiger partial charge in [-0.05, 0) is 58.7 Å². The summed E-state index contributed by atoms with van der Waals surface area (Å²) < 4.78 is 6.15. The van der Waals surface area contributed by atoms with Crippen LogP contribution in [0.2, 0.25) is 0 Å². The van der Waals surface area contributed by atoms with Crippen molar-refractivity contribution in [1.29, 1.82) is 0 Å². The predicted octanol–water partition coefficient (Wildman–Crippen LogP) is 3.71. The van der Waals surface area contributed by atoms with Gasteiger partial charge in [-0.15, -0.1) is 0 Å². The standard InChI is InChI=1S/C20H19BrN2O4/c1-12-3-5-15(14(21)9-12)22-19(25)8-6-17(24)13-4-7-18-16(10-13)23(2)20(26)11-27-18/h3-5,7,9-10H,6,8,11H2,1-2H3,(H,22,25). The highest BCUT2D eigenvalue weighted by molar-refractivity contribution is 9.10. The predicted molar refractivity (Wildman–Crippen MR) is 106 cm³/mol. The molecule has 1 aliphatic heterocycles. The average molecular weight is 431 g/mol. The number of anilines is 2. The number of halogens is 1. The molecule has 0 saturated heterocycles. The highest BCUT2D eigenvalue weighted by Crippen LogP contribution is 2.32. The molecular weight excluding hydrogens is 412 g/mol. The van der Waals surface area contributed by atoms with Crippen molar-refractivity contribution >= 4 is 44.9 Å². The molecule has 0 radical (unpaired) electrons. The van der Waals surface area contributed by atoms with E-state index in [1.54, 1.807) is 25.2 Å². The van der Waals surface area contributed by atoms with Crippen molar-refractivity contribution in [3.8, 4) is 5.75 Å². The van der Waals surface area contributed by atoms with E-state index in [4.69, 9.17) is 4.74 Å². The SMILES string of the molecule is Cc1ccc(NC(=O)CCC(=O)c2ccc3c(c2)N(C)C(=O)CO3)c(Br)c1. The summed E-state index contributed by atoms with van der Waals surface area (Å²) in [5.41, 5.74) is 2.76. The number of carbonyl (C=O) groups excluding carboxylic acids is 3. The third-order valence-electron chi connectivity index (χ3n) is 4.35. The Morgan fingerprint density at radius 1 is 1.19 bits per heavy atom. The van der Waals surface area contributed by atoms with Crippen LogP contribution in [-0.4, -0.2) is 31.3 Å². The molecular formula is C20H19BrN2O4. The summed E-state index contributed by atoms with van der Waals surface area (Å²) in [4.78, 5) is 37.8. The molecule has 6 nitrogen and oxygen atoms in total. The molecule has 1 aliphatic rings. The summed E-state index contributed by atoms with van der Waals surface area (Å²) in [6.07, 6.45) is 0.147. The van der Waals surface area contributed by atoms with E-state index in [9.17, 15) is 14.4 Å². The lowest BCUT2D eigenvalue weighted by atomic mass is 10.0.